The topological polar surface area (TPSA) is 81.4 Å². The van der Waals surface area contributed by atoms with Crippen molar-refractivity contribution in [2.45, 2.75) is 32.8 Å². The second-order valence-corrected chi connectivity index (χ2v) is 5.65. The molecule has 1 amide bonds. The standard InChI is InChI=1S/C19H22N2O4/c1-4-11-20-19(23)14(3)24-18(22)10-9-17-21-12-16(25-17)15-7-5-13(2)6-8-15/h4-8,12,14H,1,9-11H2,2-3H3,(H,20,23). The van der Waals surface area contributed by atoms with E-state index in [1.807, 2.05) is 31.2 Å². The Balaban J connectivity index is 1.83. The minimum Gasteiger partial charge on any atom is -0.453 e. The number of benzene rings is 1. The van der Waals surface area contributed by atoms with Gasteiger partial charge in [0.05, 0.1) is 12.6 Å². The van der Waals surface area contributed by atoms with Gasteiger partial charge >= 0.3 is 5.97 Å². The van der Waals surface area contributed by atoms with Crippen LogP contribution in [0.25, 0.3) is 11.3 Å². The summed E-state index contributed by atoms with van der Waals surface area (Å²) in [4.78, 5) is 27.6. The van der Waals surface area contributed by atoms with Crippen LogP contribution in [0.4, 0.5) is 0 Å². The first-order valence-electron chi connectivity index (χ1n) is 8.09. The molecule has 2 rings (SSSR count). The second-order valence-electron chi connectivity index (χ2n) is 5.65. The molecular formula is C19H22N2O4. The van der Waals surface area contributed by atoms with Crippen molar-refractivity contribution in [1.29, 1.82) is 0 Å². The predicted molar refractivity (Wildman–Crippen MR) is 93.8 cm³/mol. The molecule has 6 nitrogen and oxygen atoms in total. The van der Waals surface area contributed by atoms with Crippen molar-refractivity contribution in [3.05, 3.63) is 54.6 Å². The number of aryl methyl sites for hydroxylation is 2. The molecule has 6 heteroatoms. The Morgan fingerprint density at radius 3 is 2.76 bits per heavy atom. The van der Waals surface area contributed by atoms with Gasteiger partial charge in [-0.2, -0.15) is 0 Å². The van der Waals surface area contributed by atoms with Crippen LogP contribution in [0.2, 0.25) is 0 Å². The van der Waals surface area contributed by atoms with Crippen molar-refractivity contribution in [1.82, 2.24) is 10.3 Å². The summed E-state index contributed by atoms with van der Waals surface area (Å²) in [5, 5.41) is 2.57. The van der Waals surface area contributed by atoms with Crippen molar-refractivity contribution in [3.8, 4) is 11.3 Å². The van der Waals surface area contributed by atoms with Gasteiger partial charge in [-0.3, -0.25) is 9.59 Å². The fraction of sp³-hybridized carbons (Fsp3) is 0.316. The van der Waals surface area contributed by atoms with Gasteiger partial charge in [-0.1, -0.05) is 35.9 Å². The van der Waals surface area contributed by atoms with E-state index in [0.717, 1.165) is 11.1 Å². The highest BCUT2D eigenvalue weighted by molar-refractivity contribution is 5.83. The predicted octanol–water partition coefficient (Wildman–Crippen LogP) is 2.82. The number of carbonyl (C=O) groups excluding carboxylic acids is 2. The molecule has 1 N–H and O–H groups in total. The molecule has 0 aliphatic rings. The van der Waals surface area contributed by atoms with E-state index in [2.05, 4.69) is 16.9 Å². The summed E-state index contributed by atoms with van der Waals surface area (Å²) in [6.45, 7) is 7.37. The maximum Gasteiger partial charge on any atom is 0.307 e. The molecule has 1 aromatic carbocycles. The minimum atomic E-state index is -0.847. The lowest BCUT2D eigenvalue weighted by atomic mass is 10.1. The number of ether oxygens (including phenoxy) is 1. The zero-order valence-electron chi connectivity index (χ0n) is 14.5. The smallest absolute Gasteiger partial charge is 0.307 e. The fourth-order valence-electron chi connectivity index (χ4n) is 2.11. The highest BCUT2D eigenvalue weighted by Crippen LogP contribution is 2.21. The third-order valence-corrected chi connectivity index (χ3v) is 3.53. The third-order valence-electron chi connectivity index (χ3n) is 3.53. The lowest BCUT2D eigenvalue weighted by molar-refractivity contribution is -0.154. The van der Waals surface area contributed by atoms with Gasteiger partial charge in [0, 0.05) is 18.5 Å². The summed E-state index contributed by atoms with van der Waals surface area (Å²) < 4.78 is 10.7. The number of oxazole rings is 1. The monoisotopic (exact) mass is 342 g/mol. The van der Waals surface area contributed by atoms with Gasteiger partial charge in [0.1, 0.15) is 0 Å². The summed E-state index contributed by atoms with van der Waals surface area (Å²) in [5.41, 5.74) is 2.09. The molecule has 1 heterocycles. The minimum absolute atomic E-state index is 0.0902. The van der Waals surface area contributed by atoms with E-state index in [1.165, 1.54) is 6.92 Å². The highest BCUT2D eigenvalue weighted by Gasteiger charge is 2.17. The number of nitrogens with zero attached hydrogens (tertiary/aromatic N) is 1. The van der Waals surface area contributed by atoms with Gasteiger partial charge < -0.3 is 14.5 Å². The van der Waals surface area contributed by atoms with Gasteiger partial charge in [0.2, 0.25) is 0 Å². The van der Waals surface area contributed by atoms with E-state index in [1.54, 1.807) is 12.3 Å². The summed E-state index contributed by atoms with van der Waals surface area (Å²) in [6, 6.07) is 7.90. The number of nitrogens with one attached hydrogen (secondary N) is 1. The molecule has 0 spiro atoms. The Labute approximate surface area is 146 Å². The highest BCUT2D eigenvalue weighted by atomic mass is 16.5. The number of rotatable bonds is 8. The molecule has 0 bridgehead atoms. The van der Waals surface area contributed by atoms with Crippen LogP contribution >= 0.6 is 0 Å². The molecular weight excluding hydrogens is 320 g/mol. The van der Waals surface area contributed by atoms with Crippen molar-refractivity contribution in [3.63, 3.8) is 0 Å². The third kappa shape index (κ3) is 5.60. The first kappa shape index (κ1) is 18.4. The molecule has 0 fully saturated rings. The molecule has 2 aromatic rings. The molecule has 0 saturated carbocycles. The first-order chi connectivity index (χ1) is 12.0. The number of esters is 1. The average molecular weight is 342 g/mol. The number of carbonyl (C=O) groups is 2. The van der Waals surface area contributed by atoms with Crippen LogP contribution in [-0.4, -0.2) is 29.5 Å². The Morgan fingerprint density at radius 2 is 2.08 bits per heavy atom. The molecule has 0 aliphatic heterocycles. The molecule has 132 valence electrons. The molecule has 0 radical (unpaired) electrons. The number of aromatic nitrogens is 1. The summed E-state index contributed by atoms with van der Waals surface area (Å²) in [6.07, 6.45) is 2.75. The molecule has 0 saturated heterocycles. The maximum atomic E-state index is 11.8. The molecule has 1 aromatic heterocycles. The summed E-state index contributed by atoms with van der Waals surface area (Å²) >= 11 is 0. The van der Waals surface area contributed by atoms with E-state index in [9.17, 15) is 9.59 Å². The van der Waals surface area contributed by atoms with Gasteiger partial charge in [0.15, 0.2) is 17.8 Å². The second kappa shape index (κ2) is 8.82. The molecule has 1 atom stereocenters. The SMILES string of the molecule is C=CCNC(=O)C(C)OC(=O)CCc1ncc(-c2ccc(C)cc2)o1. The number of hydrogen-bond acceptors (Lipinski definition) is 5. The van der Waals surface area contributed by atoms with Crippen LogP contribution in [0.1, 0.15) is 24.8 Å². The van der Waals surface area contributed by atoms with E-state index < -0.39 is 12.1 Å². The van der Waals surface area contributed by atoms with Gasteiger partial charge in [0.25, 0.3) is 5.91 Å². The van der Waals surface area contributed by atoms with Gasteiger partial charge in [-0.15, -0.1) is 6.58 Å². The van der Waals surface area contributed by atoms with Crippen LogP contribution in [0.3, 0.4) is 0 Å². The quantitative estimate of drug-likeness (QED) is 0.589. The van der Waals surface area contributed by atoms with Crippen LogP contribution in [0, 0.1) is 6.92 Å². The largest absolute Gasteiger partial charge is 0.453 e. The summed E-state index contributed by atoms with van der Waals surface area (Å²) in [7, 11) is 0. The average Bonchev–Trinajstić information content (AvgIpc) is 3.07. The van der Waals surface area contributed by atoms with Crippen LogP contribution in [-0.2, 0) is 20.7 Å². The van der Waals surface area contributed by atoms with Gasteiger partial charge in [-0.25, -0.2) is 4.98 Å². The Morgan fingerprint density at radius 1 is 1.36 bits per heavy atom. The number of hydrogen-bond donors (Lipinski definition) is 1. The lowest BCUT2D eigenvalue weighted by Crippen LogP contribution is -2.35. The van der Waals surface area contributed by atoms with Crippen molar-refractivity contribution >= 4 is 11.9 Å². The van der Waals surface area contributed by atoms with Crippen molar-refractivity contribution in [2.75, 3.05) is 6.54 Å². The van der Waals surface area contributed by atoms with E-state index in [4.69, 9.17) is 9.15 Å². The fourth-order valence-corrected chi connectivity index (χ4v) is 2.11. The van der Waals surface area contributed by atoms with E-state index >= 15 is 0 Å². The van der Waals surface area contributed by atoms with E-state index in [-0.39, 0.29) is 12.3 Å². The molecule has 1 unspecified atom stereocenters. The summed E-state index contributed by atoms with van der Waals surface area (Å²) in [5.74, 6) is 0.277. The zero-order chi connectivity index (χ0) is 18.2. The molecule has 25 heavy (non-hydrogen) atoms. The molecule has 0 aliphatic carbocycles. The van der Waals surface area contributed by atoms with Crippen LogP contribution in [0.5, 0.6) is 0 Å². The van der Waals surface area contributed by atoms with Crippen molar-refractivity contribution < 1.29 is 18.7 Å². The first-order valence-corrected chi connectivity index (χ1v) is 8.09. The lowest BCUT2D eigenvalue weighted by Gasteiger charge is -2.12. The van der Waals surface area contributed by atoms with Crippen LogP contribution < -0.4 is 5.32 Å². The maximum absolute atomic E-state index is 11.8. The van der Waals surface area contributed by atoms with E-state index in [0.29, 0.717) is 24.6 Å². The number of amides is 1. The zero-order valence-corrected chi connectivity index (χ0v) is 14.5. The Kier molecular flexibility index (Phi) is 6.51. The van der Waals surface area contributed by atoms with Crippen LogP contribution in [0.15, 0.2) is 47.5 Å². The van der Waals surface area contributed by atoms with Gasteiger partial charge in [-0.05, 0) is 13.8 Å². The van der Waals surface area contributed by atoms with Crippen molar-refractivity contribution in [2.24, 2.45) is 0 Å². The Hall–Kier alpha value is -2.89. The normalized spacial score (nSPS) is 11.6. The Bertz CT molecular complexity index is 734.